The lowest BCUT2D eigenvalue weighted by Gasteiger charge is -2.22. The van der Waals surface area contributed by atoms with E-state index in [1.807, 2.05) is 0 Å². The van der Waals surface area contributed by atoms with Gasteiger partial charge in [-0.1, -0.05) is 348 Å². The van der Waals surface area contributed by atoms with Gasteiger partial charge in [-0.2, -0.15) is 0 Å². The van der Waals surface area contributed by atoms with Crippen LogP contribution in [0.15, 0.2) is 0 Å². The third kappa shape index (κ3) is 58.1. The number of nitrogens with one attached hydrogen (secondary N) is 1. The van der Waals surface area contributed by atoms with Gasteiger partial charge in [0.1, 0.15) is 0 Å². The van der Waals surface area contributed by atoms with Crippen molar-refractivity contribution in [2.45, 2.75) is 398 Å². The number of hydrogen-bond acceptors (Lipinski definition) is 5. The van der Waals surface area contributed by atoms with Gasteiger partial charge in [-0.25, -0.2) is 0 Å². The molecular formula is C66H131NO5. The lowest BCUT2D eigenvalue weighted by molar-refractivity contribution is -0.143. The Bertz CT molecular complexity index is 1040. The van der Waals surface area contributed by atoms with Crippen LogP contribution in [0.2, 0.25) is 0 Å². The summed E-state index contributed by atoms with van der Waals surface area (Å²) in [5.74, 6) is -0.0275. The molecule has 0 saturated heterocycles. The molecule has 0 heterocycles. The van der Waals surface area contributed by atoms with Crippen molar-refractivity contribution < 1.29 is 24.5 Å². The van der Waals surface area contributed by atoms with Crippen LogP contribution in [0.3, 0.4) is 0 Å². The molecule has 0 bridgehead atoms. The molecule has 0 spiro atoms. The highest BCUT2D eigenvalue weighted by atomic mass is 16.5. The number of carbonyl (C=O) groups excluding carboxylic acids is 2. The van der Waals surface area contributed by atoms with E-state index in [-0.39, 0.29) is 18.5 Å². The molecule has 0 aromatic rings. The molecule has 72 heavy (non-hydrogen) atoms. The van der Waals surface area contributed by atoms with Crippen LogP contribution in [0.1, 0.15) is 386 Å². The van der Waals surface area contributed by atoms with Gasteiger partial charge in [0.15, 0.2) is 0 Å². The van der Waals surface area contributed by atoms with Gasteiger partial charge in [0.2, 0.25) is 5.91 Å². The Balaban J connectivity index is 3.39. The first-order valence-electron chi connectivity index (χ1n) is 33.3. The molecule has 0 fully saturated rings. The number of esters is 1. The first-order valence-corrected chi connectivity index (χ1v) is 33.3. The Morgan fingerprint density at radius 1 is 0.333 bits per heavy atom. The number of rotatable bonds is 63. The lowest BCUT2D eigenvalue weighted by Crippen LogP contribution is -2.45. The van der Waals surface area contributed by atoms with Crippen LogP contribution in [-0.2, 0) is 14.3 Å². The van der Waals surface area contributed by atoms with Gasteiger partial charge < -0.3 is 20.3 Å². The number of aliphatic hydroxyl groups excluding tert-OH is 2. The van der Waals surface area contributed by atoms with Crippen molar-refractivity contribution in [3.05, 3.63) is 0 Å². The zero-order valence-electron chi connectivity index (χ0n) is 49.2. The van der Waals surface area contributed by atoms with Gasteiger partial charge in [0.05, 0.1) is 25.4 Å². The van der Waals surface area contributed by atoms with Crippen molar-refractivity contribution in [2.24, 2.45) is 0 Å². The predicted octanol–water partition coefficient (Wildman–Crippen LogP) is 21.0. The predicted molar refractivity (Wildman–Crippen MR) is 315 cm³/mol. The van der Waals surface area contributed by atoms with E-state index in [0.29, 0.717) is 25.9 Å². The Morgan fingerprint density at radius 2 is 0.569 bits per heavy atom. The maximum atomic E-state index is 12.5. The fourth-order valence-corrected chi connectivity index (χ4v) is 10.8. The molecule has 0 aliphatic carbocycles. The van der Waals surface area contributed by atoms with Crippen LogP contribution in [0, 0.1) is 0 Å². The zero-order valence-corrected chi connectivity index (χ0v) is 49.2. The highest BCUT2D eigenvalue weighted by molar-refractivity contribution is 5.76. The summed E-state index contributed by atoms with van der Waals surface area (Å²) in [6, 6.07) is -0.546. The van der Waals surface area contributed by atoms with E-state index >= 15 is 0 Å². The second-order valence-corrected chi connectivity index (χ2v) is 23.2. The maximum absolute atomic E-state index is 12.5. The molecule has 0 aliphatic heterocycles. The van der Waals surface area contributed by atoms with E-state index in [9.17, 15) is 19.8 Å². The highest BCUT2D eigenvalue weighted by Gasteiger charge is 2.20. The van der Waals surface area contributed by atoms with Crippen molar-refractivity contribution in [3.8, 4) is 0 Å². The molecule has 6 nitrogen and oxygen atoms in total. The minimum atomic E-state index is -0.669. The lowest BCUT2D eigenvalue weighted by atomic mass is 10.0. The first kappa shape index (κ1) is 70.9. The summed E-state index contributed by atoms with van der Waals surface area (Å²) in [7, 11) is 0. The molecule has 0 aromatic carbocycles. The molecule has 0 rings (SSSR count). The number of aliphatic hydroxyl groups is 2. The Hall–Kier alpha value is -1.14. The van der Waals surface area contributed by atoms with E-state index in [4.69, 9.17) is 4.74 Å². The van der Waals surface area contributed by atoms with E-state index in [1.54, 1.807) is 0 Å². The minimum Gasteiger partial charge on any atom is -0.466 e. The van der Waals surface area contributed by atoms with Gasteiger partial charge in [-0.3, -0.25) is 9.59 Å². The van der Waals surface area contributed by atoms with Crippen molar-refractivity contribution in [2.75, 3.05) is 13.2 Å². The molecule has 0 aliphatic rings. The van der Waals surface area contributed by atoms with E-state index in [2.05, 4.69) is 19.2 Å². The monoisotopic (exact) mass is 1020 g/mol. The Morgan fingerprint density at radius 3 is 0.847 bits per heavy atom. The SMILES string of the molecule is CCCCCCCCCCCCCCCCCCCCCCCCC(O)C(CO)NC(=O)CCCCCCCCCCCCCCCCCCOC(=O)CCCCCCCCCCCCCCCCCCC. The Labute approximate surface area is 451 Å². The summed E-state index contributed by atoms with van der Waals surface area (Å²) in [6.07, 6.45) is 74.1. The van der Waals surface area contributed by atoms with Crippen LogP contribution in [0.4, 0.5) is 0 Å². The minimum absolute atomic E-state index is 0.00884. The zero-order chi connectivity index (χ0) is 52.2. The van der Waals surface area contributed by atoms with Gasteiger partial charge in [0, 0.05) is 12.8 Å². The van der Waals surface area contributed by atoms with Crippen LogP contribution in [0.5, 0.6) is 0 Å². The standard InChI is InChI=1S/C66H131NO5/c1-3-5-7-9-11-13-15-17-19-21-22-23-24-25-27-30-34-38-42-46-50-54-58-64(69)63(62-68)67-65(70)59-55-51-47-43-39-35-31-28-29-33-37-41-45-49-53-57-61-72-66(71)60-56-52-48-44-40-36-32-26-20-18-16-14-12-10-8-6-4-2/h63-64,68-69H,3-62H2,1-2H3,(H,67,70). The highest BCUT2D eigenvalue weighted by Crippen LogP contribution is 2.19. The number of amides is 1. The van der Waals surface area contributed by atoms with Gasteiger partial charge in [0.25, 0.3) is 0 Å². The quantitative estimate of drug-likeness (QED) is 0.0417. The molecule has 2 atom stereocenters. The molecule has 0 saturated carbocycles. The molecular weight excluding hydrogens is 887 g/mol. The third-order valence-electron chi connectivity index (χ3n) is 15.9. The molecule has 1 amide bonds. The third-order valence-corrected chi connectivity index (χ3v) is 15.9. The van der Waals surface area contributed by atoms with E-state index in [0.717, 1.165) is 38.5 Å². The summed E-state index contributed by atoms with van der Waals surface area (Å²) in [4.78, 5) is 24.6. The molecule has 6 heteroatoms. The van der Waals surface area contributed by atoms with Gasteiger partial charge in [-0.15, -0.1) is 0 Å². The Kier molecular flexibility index (Phi) is 61.4. The number of carbonyl (C=O) groups is 2. The summed E-state index contributed by atoms with van der Waals surface area (Å²) in [6.45, 7) is 4.99. The van der Waals surface area contributed by atoms with Crippen molar-refractivity contribution in [3.63, 3.8) is 0 Å². The van der Waals surface area contributed by atoms with Crippen molar-refractivity contribution in [1.29, 1.82) is 0 Å². The fraction of sp³-hybridized carbons (Fsp3) is 0.970. The topological polar surface area (TPSA) is 95.9 Å². The average molecular weight is 1020 g/mol. The van der Waals surface area contributed by atoms with Crippen molar-refractivity contribution >= 4 is 11.9 Å². The fourth-order valence-electron chi connectivity index (χ4n) is 10.8. The van der Waals surface area contributed by atoms with Crippen LogP contribution >= 0.6 is 0 Å². The van der Waals surface area contributed by atoms with Gasteiger partial charge >= 0.3 is 5.97 Å². The molecule has 2 unspecified atom stereocenters. The van der Waals surface area contributed by atoms with E-state index < -0.39 is 12.1 Å². The van der Waals surface area contributed by atoms with Gasteiger partial charge in [-0.05, 0) is 25.7 Å². The van der Waals surface area contributed by atoms with Crippen LogP contribution < -0.4 is 5.32 Å². The number of hydrogen-bond donors (Lipinski definition) is 3. The maximum Gasteiger partial charge on any atom is 0.305 e. The molecule has 0 radical (unpaired) electrons. The summed E-state index contributed by atoms with van der Waals surface area (Å²) in [5.41, 5.74) is 0. The van der Waals surface area contributed by atoms with Crippen molar-refractivity contribution in [1.82, 2.24) is 5.32 Å². The first-order chi connectivity index (χ1) is 35.5. The molecule has 430 valence electrons. The van der Waals surface area contributed by atoms with E-state index in [1.165, 1.54) is 315 Å². The number of ether oxygens (including phenoxy) is 1. The largest absolute Gasteiger partial charge is 0.466 e. The average Bonchev–Trinajstić information content (AvgIpc) is 3.38. The summed E-state index contributed by atoms with van der Waals surface area (Å²) < 4.78 is 5.50. The second kappa shape index (κ2) is 62.4. The molecule has 0 aromatic heterocycles. The normalized spacial score (nSPS) is 12.4. The summed E-state index contributed by atoms with van der Waals surface area (Å²) in [5, 5.41) is 23.4. The number of unbranched alkanes of at least 4 members (excludes halogenated alkanes) is 52. The van der Waals surface area contributed by atoms with Crippen LogP contribution in [-0.4, -0.2) is 47.4 Å². The second-order valence-electron chi connectivity index (χ2n) is 23.2. The smallest absolute Gasteiger partial charge is 0.305 e. The van der Waals surface area contributed by atoms with Crippen LogP contribution in [0.25, 0.3) is 0 Å². The summed E-state index contributed by atoms with van der Waals surface area (Å²) >= 11 is 0. The molecule has 3 N–H and O–H groups in total.